The number of carbonyl (C=O) groups is 3. The number of nitrogens with zero attached hydrogens (tertiary/aromatic N) is 1. The Morgan fingerprint density at radius 2 is 1.66 bits per heavy atom. The molecule has 0 spiro atoms. The molecule has 3 rings (SSSR count). The third kappa shape index (κ3) is 9.21. The number of amides is 3. The van der Waals surface area contributed by atoms with E-state index < -0.39 is 29.6 Å². The van der Waals surface area contributed by atoms with Crippen molar-refractivity contribution < 1.29 is 29.1 Å². The lowest BCUT2D eigenvalue weighted by Gasteiger charge is -2.23. The van der Waals surface area contributed by atoms with Gasteiger partial charge < -0.3 is 20.1 Å². The zero-order valence-electron chi connectivity index (χ0n) is 21.6. The smallest absolute Gasteiger partial charge is 0.408 e. The average molecular weight is 521 g/mol. The monoisotopic (exact) mass is 520 g/mol. The number of aromatic nitrogens is 1. The van der Waals surface area contributed by atoms with Crippen LogP contribution in [0.2, 0.25) is 0 Å². The van der Waals surface area contributed by atoms with Gasteiger partial charge >= 0.3 is 6.09 Å². The number of rotatable bonds is 10. The van der Waals surface area contributed by atoms with Crippen molar-refractivity contribution in [2.45, 2.75) is 52.0 Å². The minimum atomic E-state index is -0.951. The molecule has 10 heteroatoms. The van der Waals surface area contributed by atoms with Crippen LogP contribution in [0.3, 0.4) is 0 Å². The first kappa shape index (κ1) is 28.1. The average Bonchev–Trinajstić information content (AvgIpc) is 2.90. The predicted molar refractivity (Wildman–Crippen MR) is 139 cm³/mol. The maximum absolute atomic E-state index is 13.0. The second-order valence-corrected chi connectivity index (χ2v) is 9.52. The third-order valence-electron chi connectivity index (χ3n) is 5.25. The van der Waals surface area contributed by atoms with E-state index in [1.807, 2.05) is 30.3 Å². The third-order valence-corrected chi connectivity index (χ3v) is 5.25. The summed E-state index contributed by atoms with van der Waals surface area (Å²) < 4.78 is 11.1. The highest BCUT2D eigenvalue weighted by atomic mass is 16.6. The minimum absolute atomic E-state index is 0.125. The molecule has 0 aliphatic rings. The Kier molecular flexibility index (Phi) is 9.78. The highest BCUT2D eigenvalue weighted by Crippen LogP contribution is 2.14. The summed E-state index contributed by atoms with van der Waals surface area (Å²) in [4.78, 5) is 41.3. The van der Waals surface area contributed by atoms with Crippen molar-refractivity contribution in [2.75, 3.05) is 0 Å². The molecule has 1 unspecified atom stereocenters. The molecule has 0 radical (unpaired) electrons. The summed E-state index contributed by atoms with van der Waals surface area (Å²) in [5.41, 5.74) is 3.44. The van der Waals surface area contributed by atoms with Gasteiger partial charge in [0.1, 0.15) is 24.0 Å². The molecular weight excluding hydrogens is 488 g/mol. The summed E-state index contributed by atoms with van der Waals surface area (Å²) in [7, 11) is 0. The first-order valence-electron chi connectivity index (χ1n) is 12.1. The summed E-state index contributed by atoms with van der Waals surface area (Å²) in [6.07, 6.45) is 0.976. The van der Waals surface area contributed by atoms with Crippen molar-refractivity contribution in [3.8, 4) is 5.75 Å². The van der Waals surface area contributed by atoms with Crippen LogP contribution < -0.4 is 20.9 Å². The Labute approximate surface area is 221 Å². The molecule has 1 aromatic heterocycles. The van der Waals surface area contributed by atoms with Gasteiger partial charge in [-0.2, -0.15) is 0 Å². The number of nitrogens with one attached hydrogen (secondary N) is 3. The second-order valence-electron chi connectivity index (χ2n) is 9.52. The Hall–Kier alpha value is -4.44. The zero-order chi connectivity index (χ0) is 27.5. The fraction of sp³-hybridized carbons (Fsp3) is 0.286. The van der Waals surface area contributed by atoms with E-state index in [1.165, 1.54) is 12.1 Å². The number of ether oxygens (including phenoxy) is 2. The maximum atomic E-state index is 13.0. The molecule has 2 aromatic carbocycles. The fourth-order valence-electron chi connectivity index (χ4n) is 3.38. The van der Waals surface area contributed by atoms with Crippen molar-refractivity contribution >= 4 is 17.9 Å². The lowest BCUT2D eigenvalue weighted by Crippen LogP contribution is -2.49. The van der Waals surface area contributed by atoms with Crippen LogP contribution in [0.5, 0.6) is 5.75 Å². The van der Waals surface area contributed by atoms with E-state index in [2.05, 4.69) is 15.6 Å². The van der Waals surface area contributed by atoms with Gasteiger partial charge in [0.2, 0.25) is 5.91 Å². The number of hydroxylamine groups is 1. The van der Waals surface area contributed by atoms with E-state index in [1.54, 1.807) is 56.7 Å². The van der Waals surface area contributed by atoms with Crippen molar-refractivity contribution in [2.24, 2.45) is 0 Å². The number of carbonyl (C=O) groups excluding carboxylic acids is 3. The lowest BCUT2D eigenvalue weighted by atomic mass is 10.1. The van der Waals surface area contributed by atoms with Crippen LogP contribution in [-0.2, 0) is 29.1 Å². The summed E-state index contributed by atoms with van der Waals surface area (Å²) in [6, 6.07) is 18.6. The highest BCUT2D eigenvalue weighted by molar-refractivity contribution is 5.93. The Morgan fingerprint density at radius 1 is 0.947 bits per heavy atom. The summed E-state index contributed by atoms with van der Waals surface area (Å²) in [5, 5.41) is 14.1. The molecule has 3 aromatic rings. The predicted octanol–water partition coefficient (Wildman–Crippen LogP) is 3.53. The molecule has 0 bridgehead atoms. The normalized spacial score (nSPS) is 11.7. The van der Waals surface area contributed by atoms with Crippen LogP contribution in [0.4, 0.5) is 4.79 Å². The van der Waals surface area contributed by atoms with Crippen LogP contribution in [0, 0.1) is 0 Å². The molecule has 0 aliphatic carbocycles. The molecule has 0 saturated carbocycles. The number of hydrogen-bond acceptors (Lipinski definition) is 7. The summed E-state index contributed by atoms with van der Waals surface area (Å²) in [5.74, 6) is -0.484. The van der Waals surface area contributed by atoms with E-state index in [0.29, 0.717) is 18.1 Å². The maximum Gasteiger partial charge on any atom is 0.408 e. The van der Waals surface area contributed by atoms with E-state index in [9.17, 15) is 14.4 Å². The van der Waals surface area contributed by atoms with Crippen molar-refractivity contribution in [3.05, 3.63) is 95.3 Å². The molecule has 4 N–H and O–H groups in total. The van der Waals surface area contributed by atoms with Crippen LogP contribution in [0.25, 0.3) is 0 Å². The summed E-state index contributed by atoms with van der Waals surface area (Å²) >= 11 is 0. The molecule has 0 fully saturated rings. The van der Waals surface area contributed by atoms with Gasteiger partial charge in [0.15, 0.2) is 0 Å². The van der Waals surface area contributed by atoms with Gasteiger partial charge in [-0.3, -0.25) is 19.8 Å². The van der Waals surface area contributed by atoms with Gasteiger partial charge in [-0.25, -0.2) is 10.3 Å². The fourth-order valence-corrected chi connectivity index (χ4v) is 3.38. The van der Waals surface area contributed by atoms with Gasteiger partial charge in [-0.05, 0) is 56.2 Å². The highest BCUT2D eigenvalue weighted by Gasteiger charge is 2.25. The quantitative estimate of drug-likeness (QED) is 0.237. The SMILES string of the molecule is CC(C)(C)OC(=O)NC(Cc1ccc(OCc2ccccc2)cn1)C(=O)NCc1ccc(C(=O)NO)cc1. The van der Waals surface area contributed by atoms with E-state index in [4.69, 9.17) is 14.7 Å². The lowest BCUT2D eigenvalue weighted by molar-refractivity contribution is -0.123. The van der Waals surface area contributed by atoms with Gasteiger partial charge in [0, 0.05) is 24.2 Å². The van der Waals surface area contributed by atoms with Gasteiger partial charge in [0.25, 0.3) is 5.91 Å². The first-order valence-corrected chi connectivity index (χ1v) is 12.1. The molecular formula is C28H32N4O6. The van der Waals surface area contributed by atoms with Crippen LogP contribution >= 0.6 is 0 Å². The topological polar surface area (TPSA) is 139 Å². The number of alkyl carbamates (subject to hydrolysis) is 1. The second kappa shape index (κ2) is 13.2. The molecule has 0 aliphatic heterocycles. The molecule has 10 nitrogen and oxygen atoms in total. The number of hydrogen-bond donors (Lipinski definition) is 4. The molecule has 1 atom stereocenters. The molecule has 38 heavy (non-hydrogen) atoms. The van der Waals surface area contributed by atoms with Crippen molar-refractivity contribution in [3.63, 3.8) is 0 Å². The molecule has 200 valence electrons. The first-order chi connectivity index (χ1) is 18.1. The van der Waals surface area contributed by atoms with Gasteiger partial charge in [-0.1, -0.05) is 42.5 Å². The number of pyridine rings is 1. The van der Waals surface area contributed by atoms with Crippen LogP contribution in [0.15, 0.2) is 72.9 Å². The summed E-state index contributed by atoms with van der Waals surface area (Å²) in [6.45, 7) is 5.76. The van der Waals surface area contributed by atoms with Crippen molar-refractivity contribution in [1.29, 1.82) is 0 Å². The van der Waals surface area contributed by atoms with Gasteiger partial charge in [0.05, 0.1) is 6.20 Å². The molecule has 3 amide bonds. The van der Waals surface area contributed by atoms with Crippen LogP contribution in [0.1, 0.15) is 48.0 Å². The van der Waals surface area contributed by atoms with E-state index >= 15 is 0 Å². The molecule has 1 heterocycles. The minimum Gasteiger partial charge on any atom is -0.487 e. The number of benzene rings is 2. The zero-order valence-corrected chi connectivity index (χ0v) is 21.6. The Bertz CT molecular complexity index is 1210. The standard InChI is InChI=1S/C28H32N4O6/c1-28(2,3)38-27(35)31-24(26(34)30-16-19-9-11-21(12-10-19)25(33)32-36)15-22-13-14-23(17-29-22)37-18-20-7-5-4-6-8-20/h4-14,17,24,36H,15-16,18H2,1-3H3,(H,30,34)(H,31,35)(H,32,33). The molecule has 0 saturated heterocycles. The van der Waals surface area contributed by atoms with Crippen LogP contribution in [-0.4, -0.2) is 39.7 Å². The van der Waals surface area contributed by atoms with E-state index in [0.717, 1.165) is 11.1 Å². The van der Waals surface area contributed by atoms with Gasteiger partial charge in [-0.15, -0.1) is 0 Å². The van der Waals surface area contributed by atoms with Crippen molar-refractivity contribution in [1.82, 2.24) is 21.1 Å². The Balaban J connectivity index is 1.64. The largest absolute Gasteiger partial charge is 0.487 e. The van der Waals surface area contributed by atoms with E-state index in [-0.39, 0.29) is 18.5 Å². The Morgan fingerprint density at radius 3 is 2.26 bits per heavy atom.